The van der Waals surface area contributed by atoms with Crippen LogP contribution in [0.4, 0.5) is 41.6 Å². The fourth-order valence-corrected chi connectivity index (χ4v) is 7.75. The van der Waals surface area contributed by atoms with Gasteiger partial charge in [0.25, 0.3) is 34.7 Å². The van der Waals surface area contributed by atoms with E-state index < -0.39 is 23.8 Å². The number of rotatable bonds is 12. The maximum absolute atomic E-state index is 14.5. The Bertz CT molecular complexity index is 3330. The van der Waals surface area contributed by atoms with E-state index in [4.69, 9.17) is 34.2 Å². The molecule has 4 amide bonds. The van der Waals surface area contributed by atoms with Gasteiger partial charge in [-0.2, -0.15) is 27.0 Å². The number of ether oxygens (including phenoxy) is 6. The smallest absolute Gasteiger partial charge is 0.416 e. The molecule has 2 aromatic carbocycles. The number of nitrogens with zero attached hydrogens (tertiary/aromatic N) is 10. The molecule has 425 valence electrons. The molecule has 4 aliphatic heterocycles. The molecule has 26 nitrogen and oxygen atoms in total. The number of aldehydes is 1. The fraction of sp³-hybridized carbons (Fsp3) is 0.383. The van der Waals surface area contributed by atoms with Gasteiger partial charge >= 0.3 is 12.2 Å². The maximum Gasteiger partial charge on any atom is 0.416 e. The summed E-state index contributed by atoms with van der Waals surface area (Å²) in [6.45, 7) is 3.69. The Labute approximate surface area is 488 Å². The van der Waals surface area contributed by atoms with Gasteiger partial charge < -0.3 is 53.9 Å². The normalized spacial score (nSPS) is 15.4. The van der Waals surface area contributed by atoms with Crippen LogP contribution in [0.5, 0.6) is 23.3 Å². The first-order chi connectivity index (χ1) is 36.0. The van der Waals surface area contributed by atoms with Crippen molar-refractivity contribution in [2.45, 2.75) is 52.7 Å². The molecule has 0 spiro atoms. The third kappa shape index (κ3) is 15.3. The second-order valence-electron chi connectivity index (χ2n) is 16.3. The summed E-state index contributed by atoms with van der Waals surface area (Å²) in [5, 5.41) is 5.08. The topological polar surface area (TPSA) is 319 Å². The van der Waals surface area contributed by atoms with Crippen molar-refractivity contribution in [1.82, 2.24) is 39.0 Å². The van der Waals surface area contributed by atoms with Crippen molar-refractivity contribution >= 4 is 125 Å². The molecule has 4 aliphatic rings. The molecule has 8 heterocycles. The monoisotopic (exact) mass is 1290 g/mol. The third-order valence-electron chi connectivity index (χ3n) is 11.3. The van der Waals surface area contributed by atoms with Crippen molar-refractivity contribution < 1.29 is 79.7 Å². The maximum atomic E-state index is 14.5. The number of alkyl halides is 1. The quantitative estimate of drug-likeness (QED) is 0.0674. The number of carbonyl (C=O) groups is 5. The molecule has 79 heavy (non-hydrogen) atoms. The van der Waals surface area contributed by atoms with Crippen LogP contribution < -0.4 is 56.2 Å². The van der Waals surface area contributed by atoms with Crippen LogP contribution in [-0.2, 0) is 56.5 Å². The summed E-state index contributed by atoms with van der Waals surface area (Å²) >= 11 is 2.15. The van der Waals surface area contributed by atoms with E-state index in [0.717, 1.165) is 0 Å². The number of halogens is 3. The number of cyclic esters (lactones) is 2. The predicted molar refractivity (Wildman–Crippen MR) is 298 cm³/mol. The van der Waals surface area contributed by atoms with Crippen LogP contribution in [0, 0.1) is 25.5 Å². The number of fused-ring (bicyclic) bond motifs is 4. The number of nitrogens with two attached hydrogens (primary N) is 1. The Hall–Kier alpha value is -6.94. The van der Waals surface area contributed by atoms with Crippen LogP contribution in [0.2, 0.25) is 0 Å². The van der Waals surface area contributed by atoms with Gasteiger partial charge in [-0.3, -0.25) is 33.8 Å². The van der Waals surface area contributed by atoms with E-state index in [-0.39, 0.29) is 180 Å². The molecule has 2 atom stereocenters. The molecule has 6 aromatic rings. The Balaban J connectivity index is 0.000000325. The second-order valence-corrected chi connectivity index (χ2v) is 16.3. The minimum atomic E-state index is -0.634. The van der Waals surface area contributed by atoms with Gasteiger partial charge in [-0.1, -0.05) is 30.0 Å². The molecule has 2 fully saturated rings. The Morgan fingerprint density at radius 3 is 1.59 bits per heavy atom. The Kier molecular flexibility index (Phi) is 25.1. The number of nitrogens with one attached hydrogen (secondary N) is 2. The standard InChI is InChI=1S/C23H23FN6O6.C12H11FN2O3.C10H11N5O4.CH3I.CH4.2H2S.V/c1-12-22(32)29(2)18-15(26-12)7-6-14(24)19(18)34-8-4-3-5-13-10-30(23(33)36-13)16-9-25-21-20(27-16)28-17(31)11-35-21;1-7-12(17)15(2)10-9(14-7)4-3-8(13)11(10)18-6-5-16;11-1-5-3-15(10(17)19-5)6-2-12-9-8(13-6)14-7(16)4-18-9;1-2;;;;/h6-7,9,13H,3-5,8,10-11H2,1-2H3,(H,27,28,31);3-5H,6H2,1-2H3;2,5H,1,3-4,11H2,(H,13,14,16);1H3;1H4;2*1H2;/t13-;;5-;;;;;/m0.0...../s1. The number of benzene rings is 2. The number of hydrogen-bond donors (Lipinski definition) is 3. The van der Waals surface area contributed by atoms with Crippen molar-refractivity contribution in [1.29, 1.82) is 0 Å². The molecule has 0 aliphatic carbocycles. The number of carbonyl (C=O) groups excluding carboxylic acids is 5. The van der Waals surface area contributed by atoms with Crippen LogP contribution >= 0.6 is 49.6 Å². The average Bonchev–Trinajstić information content (AvgIpc) is 4.02. The average molecular weight is 1290 g/mol. The van der Waals surface area contributed by atoms with Gasteiger partial charge in [-0.05, 0) is 62.3 Å². The summed E-state index contributed by atoms with van der Waals surface area (Å²) in [5.74, 6) is -0.728. The molecule has 32 heteroatoms. The molecule has 0 unspecified atom stereocenters. The second kappa shape index (κ2) is 29.9. The van der Waals surface area contributed by atoms with E-state index in [9.17, 15) is 42.3 Å². The fourth-order valence-electron chi connectivity index (χ4n) is 7.75. The number of anilines is 4. The summed E-state index contributed by atoms with van der Waals surface area (Å²) in [4.78, 5) is 110. The van der Waals surface area contributed by atoms with Gasteiger partial charge in [0.05, 0.1) is 43.1 Å². The van der Waals surface area contributed by atoms with E-state index >= 15 is 0 Å². The minimum Gasteiger partial charge on any atom is -0.488 e. The van der Waals surface area contributed by atoms with Crippen molar-refractivity contribution in [3.63, 3.8) is 0 Å². The molecular formula is C47H56F2IN13O13S2V. The van der Waals surface area contributed by atoms with E-state index in [1.54, 1.807) is 20.9 Å². The van der Waals surface area contributed by atoms with Crippen LogP contribution in [0.1, 0.15) is 38.1 Å². The first-order valence-corrected chi connectivity index (χ1v) is 24.8. The zero-order valence-electron chi connectivity index (χ0n) is 42.2. The van der Waals surface area contributed by atoms with Crippen molar-refractivity contribution in [2.24, 2.45) is 19.8 Å². The van der Waals surface area contributed by atoms with Gasteiger partial charge in [0.2, 0.25) is 0 Å². The van der Waals surface area contributed by atoms with Gasteiger partial charge in [-0.15, -0.1) is 0 Å². The van der Waals surface area contributed by atoms with Crippen LogP contribution in [0.15, 0.2) is 46.2 Å². The molecule has 1 radical (unpaired) electrons. The third-order valence-corrected chi connectivity index (χ3v) is 11.3. The SMILES string of the molecule is C.CI.Cc1nc2ccc(F)c(OCC=O)c2n(C)c1=O.Cc1nc2ccc(F)c(OCCCC[C@H]3CN(c4cnc5c(n4)NC(=O)CO5)C(=O)O3)c2n(C)c1=O.NC[C@H]1CN(c2cnc3c(n2)NC(=O)CO3)C(=O)O1.S.S.[V]. The molecule has 10 rings (SSSR count). The number of aryl methyl sites for hydroxylation is 4. The zero-order chi connectivity index (χ0) is 54.1. The first-order valence-electron chi connectivity index (χ1n) is 22.7. The summed E-state index contributed by atoms with van der Waals surface area (Å²) in [6, 6.07) is 5.44. The Morgan fingerprint density at radius 1 is 0.709 bits per heavy atom. The first kappa shape index (κ1) is 66.3. The van der Waals surface area contributed by atoms with Crippen LogP contribution in [0.3, 0.4) is 0 Å². The van der Waals surface area contributed by atoms with Crippen molar-refractivity contribution in [2.75, 3.05) is 71.4 Å². The van der Waals surface area contributed by atoms with Crippen LogP contribution in [0.25, 0.3) is 22.1 Å². The van der Waals surface area contributed by atoms with Gasteiger partial charge in [-0.25, -0.2) is 48.3 Å². The number of amides is 4. The summed E-state index contributed by atoms with van der Waals surface area (Å²) in [7, 11) is 3.06. The summed E-state index contributed by atoms with van der Waals surface area (Å²) in [6.07, 6.45) is 3.22. The minimum absolute atomic E-state index is 0. The van der Waals surface area contributed by atoms with E-state index in [2.05, 4.69) is 63.1 Å². The number of aromatic nitrogens is 8. The van der Waals surface area contributed by atoms with Crippen molar-refractivity contribution in [3.8, 4) is 23.3 Å². The van der Waals surface area contributed by atoms with Crippen molar-refractivity contribution in [3.05, 3.63) is 80.4 Å². The van der Waals surface area contributed by atoms with Gasteiger partial charge in [0, 0.05) is 39.2 Å². The van der Waals surface area contributed by atoms with E-state index in [1.165, 1.54) is 62.6 Å². The predicted octanol–water partition coefficient (Wildman–Crippen LogP) is 4.04. The summed E-state index contributed by atoms with van der Waals surface area (Å²) < 4.78 is 62.2. The number of unbranched alkanes of at least 4 members (excludes halogenated alkanes) is 1. The Morgan fingerprint density at radius 2 is 1.15 bits per heavy atom. The molecule has 2 saturated heterocycles. The molecule has 4 aromatic heterocycles. The molecule has 0 saturated carbocycles. The molecule has 0 bridgehead atoms. The number of hydrogen-bond acceptors (Lipinski definition) is 20. The largest absolute Gasteiger partial charge is 0.488 e. The van der Waals surface area contributed by atoms with E-state index in [0.29, 0.717) is 60.0 Å². The van der Waals surface area contributed by atoms with Gasteiger partial charge in [0.1, 0.15) is 41.2 Å². The summed E-state index contributed by atoms with van der Waals surface area (Å²) in [5.41, 5.74) is 6.90. The van der Waals surface area contributed by atoms with Gasteiger partial charge in [0.15, 0.2) is 65.9 Å². The van der Waals surface area contributed by atoms with Crippen LogP contribution in [-0.4, -0.2) is 133 Å². The molecular weight excluding hydrogens is 1230 g/mol. The van der Waals surface area contributed by atoms with E-state index in [1.807, 2.05) is 4.93 Å². The zero-order valence-corrected chi connectivity index (χ0v) is 47.8. The molecule has 4 N–H and O–H groups in total.